The fourth-order valence-corrected chi connectivity index (χ4v) is 5.37. The summed E-state index contributed by atoms with van der Waals surface area (Å²) >= 11 is 2.60. The third-order valence-corrected chi connectivity index (χ3v) is 7.93. The number of nitrogens with zero attached hydrogens (tertiary/aromatic N) is 7. The zero-order valence-corrected chi connectivity index (χ0v) is 23.9. The number of hydrogen-bond acceptors (Lipinski definition) is 12. The number of carbonyl (C=O) groups is 1. The first-order valence-electron chi connectivity index (χ1n) is 12.4. The molecule has 0 aromatic carbocycles. The van der Waals surface area contributed by atoms with Gasteiger partial charge in [0.05, 0.1) is 34.0 Å². The number of hydrogen-bond donors (Lipinski definition) is 3. The number of halogens is 3. The van der Waals surface area contributed by atoms with Gasteiger partial charge in [-0.3, -0.25) is 4.79 Å². The highest BCUT2D eigenvalue weighted by Crippen LogP contribution is 2.35. The summed E-state index contributed by atoms with van der Waals surface area (Å²) in [7, 11) is 1.64. The molecular formula is C25H27F3N8O3S2. The van der Waals surface area contributed by atoms with Crippen molar-refractivity contribution in [3.8, 4) is 10.6 Å². The van der Waals surface area contributed by atoms with Gasteiger partial charge in [0.2, 0.25) is 5.95 Å². The second kappa shape index (κ2) is 12.8. The summed E-state index contributed by atoms with van der Waals surface area (Å²) in [4.78, 5) is 37.6. The Kier molecular flexibility index (Phi) is 9.47. The van der Waals surface area contributed by atoms with Crippen LogP contribution in [-0.2, 0) is 12.8 Å². The molecule has 4 aromatic rings. The van der Waals surface area contributed by atoms with Gasteiger partial charge in [-0.2, -0.15) is 13.2 Å². The monoisotopic (exact) mass is 608 g/mol. The predicted octanol–water partition coefficient (Wildman–Crippen LogP) is 4.36. The van der Waals surface area contributed by atoms with Crippen molar-refractivity contribution in [1.29, 1.82) is 0 Å². The Balaban J connectivity index is 1.36. The lowest BCUT2D eigenvalue weighted by Gasteiger charge is -2.24. The van der Waals surface area contributed by atoms with Crippen LogP contribution in [0.3, 0.4) is 0 Å². The maximum absolute atomic E-state index is 13.1. The molecule has 0 spiro atoms. The number of aliphatic hydroxyl groups excluding tert-OH is 2. The van der Waals surface area contributed by atoms with Gasteiger partial charge in [0.15, 0.2) is 5.13 Å². The first-order chi connectivity index (χ1) is 19.5. The van der Waals surface area contributed by atoms with Crippen LogP contribution in [0, 0.1) is 0 Å². The number of aromatic nitrogens is 5. The molecule has 0 aliphatic rings. The Labute approximate surface area is 241 Å². The van der Waals surface area contributed by atoms with Crippen LogP contribution in [0.25, 0.3) is 10.6 Å². The number of thiazole rings is 2. The minimum Gasteiger partial charge on any atom is -0.390 e. The molecule has 0 saturated heterocycles. The second-order valence-corrected chi connectivity index (χ2v) is 10.7. The normalized spacial score (nSPS) is 12.3. The highest BCUT2D eigenvalue weighted by Gasteiger charge is 2.31. The molecule has 0 fully saturated rings. The van der Waals surface area contributed by atoms with Crippen LogP contribution >= 0.6 is 22.7 Å². The number of nitrogens with one attached hydrogen (secondary N) is 1. The number of rotatable bonds is 11. The standard InChI is InChI=1S/C25H27F3N8O3S2/c1-4-36(8-7-35(3)23-30-10-16(11-31-23)25(26,27)28)22(39)15-5-6-19(29-9-15)34-24-33-18(13-40-24)20-17(12-37)32-21(41-20)14(2)38/h5-6,9-11,13-14,37-38H,4,7-8,12H2,1-3H3,(H,29,33,34). The number of aliphatic hydroxyl groups is 2. The average molecular weight is 609 g/mol. The molecule has 41 heavy (non-hydrogen) atoms. The zero-order valence-electron chi connectivity index (χ0n) is 22.3. The quantitative estimate of drug-likeness (QED) is 0.225. The first-order valence-corrected chi connectivity index (χ1v) is 14.1. The van der Waals surface area contributed by atoms with Crippen LogP contribution in [0.1, 0.15) is 46.6 Å². The number of anilines is 3. The Morgan fingerprint density at radius 3 is 2.44 bits per heavy atom. The molecule has 1 unspecified atom stereocenters. The summed E-state index contributed by atoms with van der Waals surface area (Å²) in [5, 5.41) is 25.4. The molecule has 4 aromatic heterocycles. The topological polar surface area (TPSA) is 140 Å². The maximum atomic E-state index is 13.1. The molecule has 4 rings (SSSR count). The largest absolute Gasteiger partial charge is 0.419 e. The summed E-state index contributed by atoms with van der Waals surface area (Å²) in [5.41, 5.74) is 0.501. The van der Waals surface area contributed by atoms with Gasteiger partial charge >= 0.3 is 6.18 Å². The van der Waals surface area contributed by atoms with E-state index in [0.717, 1.165) is 12.4 Å². The van der Waals surface area contributed by atoms with Crippen molar-refractivity contribution in [2.24, 2.45) is 0 Å². The minimum absolute atomic E-state index is 0.121. The van der Waals surface area contributed by atoms with Crippen molar-refractivity contribution >= 4 is 45.5 Å². The van der Waals surface area contributed by atoms with Crippen LogP contribution in [0.2, 0.25) is 0 Å². The van der Waals surface area contributed by atoms with Crippen molar-refractivity contribution in [3.63, 3.8) is 0 Å². The fraction of sp³-hybridized carbons (Fsp3) is 0.360. The number of carbonyl (C=O) groups excluding carboxylic acids is 1. The lowest BCUT2D eigenvalue weighted by molar-refractivity contribution is -0.138. The van der Waals surface area contributed by atoms with Gasteiger partial charge in [0.1, 0.15) is 16.9 Å². The summed E-state index contributed by atoms with van der Waals surface area (Å²) in [5.74, 6) is 0.344. The smallest absolute Gasteiger partial charge is 0.390 e. The van der Waals surface area contributed by atoms with Crippen molar-refractivity contribution in [2.45, 2.75) is 32.7 Å². The molecule has 16 heteroatoms. The van der Waals surface area contributed by atoms with E-state index in [1.54, 1.807) is 35.9 Å². The van der Waals surface area contributed by atoms with Crippen molar-refractivity contribution in [2.75, 3.05) is 36.9 Å². The highest BCUT2D eigenvalue weighted by atomic mass is 32.1. The third-order valence-electron chi connectivity index (χ3n) is 5.88. The maximum Gasteiger partial charge on any atom is 0.419 e. The molecule has 0 aliphatic carbocycles. The van der Waals surface area contributed by atoms with Gasteiger partial charge in [-0.1, -0.05) is 0 Å². The van der Waals surface area contributed by atoms with Crippen LogP contribution in [-0.4, -0.2) is 72.6 Å². The molecular weight excluding hydrogens is 581 g/mol. The van der Waals surface area contributed by atoms with Gasteiger partial charge in [0.25, 0.3) is 5.91 Å². The van der Waals surface area contributed by atoms with E-state index in [1.807, 2.05) is 12.3 Å². The minimum atomic E-state index is -4.51. The van der Waals surface area contributed by atoms with Gasteiger partial charge in [-0.05, 0) is 26.0 Å². The van der Waals surface area contributed by atoms with Gasteiger partial charge in [-0.25, -0.2) is 24.9 Å². The van der Waals surface area contributed by atoms with E-state index in [9.17, 15) is 28.2 Å². The Morgan fingerprint density at radius 1 is 1.12 bits per heavy atom. The molecule has 4 heterocycles. The zero-order chi connectivity index (χ0) is 29.7. The molecule has 0 radical (unpaired) electrons. The SMILES string of the molecule is CCN(CCN(C)c1ncc(C(F)(F)F)cn1)C(=O)c1ccc(Nc2nc(-c3sc(C(C)O)nc3CO)cs2)nc1. The van der Waals surface area contributed by atoms with E-state index in [2.05, 4.69) is 30.2 Å². The van der Waals surface area contributed by atoms with E-state index in [0.29, 0.717) is 57.4 Å². The van der Waals surface area contributed by atoms with Crippen molar-refractivity contribution in [1.82, 2.24) is 29.8 Å². The third kappa shape index (κ3) is 7.32. The van der Waals surface area contributed by atoms with E-state index in [4.69, 9.17) is 0 Å². The molecule has 3 N–H and O–H groups in total. The fourth-order valence-electron chi connectivity index (χ4n) is 3.62. The van der Waals surface area contributed by atoms with Gasteiger partial charge in [-0.15, -0.1) is 22.7 Å². The summed E-state index contributed by atoms with van der Waals surface area (Å²) in [6.07, 6.45) is -2.35. The predicted molar refractivity (Wildman–Crippen MR) is 149 cm³/mol. The van der Waals surface area contributed by atoms with Crippen LogP contribution in [0.15, 0.2) is 36.1 Å². The summed E-state index contributed by atoms with van der Waals surface area (Å²) < 4.78 is 38.3. The summed E-state index contributed by atoms with van der Waals surface area (Å²) in [6, 6.07) is 3.29. The van der Waals surface area contributed by atoms with Crippen molar-refractivity contribution in [3.05, 3.63) is 57.9 Å². The first kappa shape index (κ1) is 30.2. The lowest BCUT2D eigenvalue weighted by atomic mass is 10.2. The van der Waals surface area contributed by atoms with E-state index in [1.165, 1.54) is 28.9 Å². The van der Waals surface area contributed by atoms with Gasteiger partial charge < -0.3 is 25.3 Å². The molecule has 1 atom stereocenters. The van der Waals surface area contributed by atoms with E-state index in [-0.39, 0.29) is 18.5 Å². The summed E-state index contributed by atoms with van der Waals surface area (Å²) in [6.45, 7) is 4.17. The van der Waals surface area contributed by atoms with Crippen LogP contribution in [0.5, 0.6) is 0 Å². The highest BCUT2D eigenvalue weighted by molar-refractivity contribution is 7.17. The number of pyridine rings is 1. The molecule has 218 valence electrons. The number of amides is 1. The van der Waals surface area contributed by atoms with Crippen LogP contribution in [0.4, 0.5) is 30.1 Å². The second-order valence-electron chi connectivity index (χ2n) is 8.83. The number of alkyl halides is 3. The van der Waals surface area contributed by atoms with Crippen LogP contribution < -0.4 is 10.2 Å². The molecule has 0 bridgehead atoms. The van der Waals surface area contributed by atoms with Gasteiger partial charge in [0, 0.05) is 50.7 Å². The average Bonchev–Trinajstić information content (AvgIpc) is 3.60. The molecule has 0 aliphatic heterocycles. The Hall–Kier alpha value is -3.73. The number of likely N-dealkylation sites (N-methyl/N-ethyl adjacent to an activating group) is 2. The molecule has 11 nitrogen and oxygen atoms in total. The van der Waals surface area contributed by atoms with Crippen molar-refractivity contribution < 1.29 is 28.2 Å². The lowest BCUT2D eigenvalue weighted by Crippen LogP contribution is -2.38. The van der Waals surface area contributed by atoms with E-state index < -0.39 is 17.8 Å². The molecule has 0 saturated carbocycles. The van der Waals surface area contributed by atoms with E-state index >= 15 is 0 Å². The molecule has 1 amide bonds. The Morgan fingerprint density at radius 2 is 1.85 bits per heavy atom. The Bertz CT molecular complexity index is 1460.